The standard InChI is InChI=1S/C12H14O3.C11H11ClO3/c1-14-9-5-6-11(15-2)10(7-9)12(13)8-3-4-8;1-15-7-4-8(10(13)6-2-3-6)11(14)9(12)5-7/h5-8H,3-4H2,1-2H3;4-6,14H,2-3H2,1H3. The third-order valence-electron chi connectivity index (χ3n) is 5.11. The van der Waals surface area contributed by atoms with Crippen LogP contribution in [0, 0.1) is 11.8 Å². The SMILES string of the molecule is COc1cc(Cl)c(O)c(C(=O)C2CC2)c1.COc1ccc(OC)c(C(=O)C2CC2)c1. The Labute approximate surface area is 180 Å². The van der Waals surface area contributed by atoms with Crippen molar-refractivity contribution in [2.75, 3.05) is 21.3 Å². The van der Waals surface area contributed by atoms with Gasteiger partial charge in [0.15, 0.2) is 11.6 Å². The number of Topliss-reactive ketones (excluding diaryl/α,β-unsaturated/α-hetero) is 2. The molecule has 2 saturated carbocycles. The molecule has 0 unspecified atom stereocenters. The number of hydrogen-bond donors (Lipinski definition) is 1. The number of ether oxygens (including phenoxy) is 3. The smallest absolute Gasteiger partial charge is 0.169 e. The second kappa shape index (κ2) is 9.39. The van der Waals surface area contributed by atoms with E-state index in [1.54, 1.807) is 32.4 Å². The molecule has 160 valence electrons. The van der Waals surface area contributed by atoms with Gasteiger partial charge < -0.3 is 19.3 Å². The molecule has 2 aromatic carbocycles. The van der Waals surface area contributed by atoms with E-state index in [0.29, 0.717) is 22.8 Å². The van der Waals surface area contributed by atoms with Crippen molar-refractivity contribution in [2.45, 2.75) is 25.7 Å². The quantitative estimate of drug-likeness (QED) is 0.624. The van der Waals surface area contributed by atoms with Gasteiger partial charge in [0, 0.05) is 17.9 Å². The van der Waals surface area contributed by atoms with Gasteiger partial charge in [-0.15, -0.1) is 0 Å². The number of benzene rings is 2. The summed E-state index contributed by atoms with van der Waals surface area (Å²) in [6, 6.07) is 8.33. The summed E-state index contributed by atoms with van der Waals surface area (Å²) in [5.41, 5.74) is 0.904. The first kappa shape index (κ1) is 22.0. The molecule has 2 fully saturated rings. The van der Waals surface area contributed by atoms with Crippen LogP contribution < -0.4 is 14.2 Å². The summed E-state index contributed by atoms with van der Waals surface area (Å²) >= 11 is 5.78. The summed E-state index contributed by atoms with van der Waals surface area (Å²) in [7, 11) is 4.66. The zero-order valence-corrected chi connectivity index (χ0v) is 18.0. The fraction of sp³-hybridized carbons (Fsp3) is 0.391. The molecule has 30 heavy (non-hydrogen) atoms. The van der Waals surface area contributed by atoms with Crippen LogP contribution in [0.25, 0.3) is 0 Å². The number of ketones is 2. The molecule has 0 spiro atoms. The van der Waals surface area contributed by atoms with Crippen LogP contribution in [-0.4, -0.2) is 38.0 Å². The van der Waals surface area contributed by atoms with Gasteiger partial charge in [0.25, 0.3) is 0 Å². The molecule has 2 aliphatic carbocycles. The van der Waals surface area contributed by atoms with E-state index in [9.17, 15) is 14.7 Å². The fourth-order valence-corrected chi connectivity index (χ4v) is 3.23. The van der Waals surface area contributed by atoms with E-state index in [1.807, 2.05) is 0 Å². The molecule has 0 heterocycles. The largest absolute Gasteiger partial charge is 0.506 e. The first-order valence-electron chi connectivity index (χ1n) is 9.76. The van der Waals surface area contributed by atoms with Crippen LogP contribution in [0.4, 0.5) is 0 Å². The summed E-state index contributed by atoms with van der Waals surface area (Å²) < 4.78 is 15.3. The second-order valence-corrected chi connectivity index (χ2v) is 7.76. The third-order valence-corrected chi connectivity index (χ3v) is 5.39. The molecule has 0 aromatic heterocycles. The number of methoxy groups -OCH3 is 3. The van der Waals surface area contributed by atoms with Crippen molar-refractivity contribution in [3.8, 4) is 23.0 Å². The maximum absolute atomic E-state index is 11.9. The maximum Gasteiger partial charge on any atom is 0.169 e. The van der Waals surface area contributed by atoms with Gasteiger partial charge in [-0.25, -0.2) is 0 Å². The Morgan fingerprint density at radius 2 is 1.37 bits per heavy atom. The summed E-state index contributed by atoms with van der Waals surface area (Å²) in [6.07, 6.45) is 3.79. The van der Waals surface area contributed by atoms with E-state index in [2.05, 4.69) is 0 Å². The number of carbonyl (C=O) groups is 2. The lowest BCUT2D eigenvalue weighted by atomic mass is 10.1. The highest BCUT2D eigenvalue weighted by atomic mass is 35.5. The summed E-state index contributed by atoms with van der Waals surface area (Å²) in [5.74, 6) is 2.05. The molecule has 1 N–H and O–H groups in total. The minimum absolute atomic E-state index is 0.0479. The van der Waals surface area contributed by atoms with Crippen molar-refractivity contribution in [3.05, 3.63) is 46.5 Å². The number of halogens is 1. The molecule has 7 heteroatoms. The van der Waals surface area contributed by atoms with Crippen molar-refractivity contribution in [2.24, 2.45) is 11.8 Å². The van der Waals surface area contributed by atoms with E-state index >= 15 is 0 Å². The Kier molecular flexibility index (Phi) is 6.87. The fourth-order valence-electron chi connectivity index (χ4n) is 3.02. The van der Waals surface area contributed by atoms with Gasteiger partial charge in [-0.05, 0) is 49.9 Å². The van der Waals surface area contributed by atoms with Gasteiger partial charge >= 0.3 is 0 Å². The molecule has 0 bridgehead atoms. The molecule has 0 atom stereocenters. The van der Waals surface area contributed by atoms with Gasteiger partial charge in [0.2, 0.25) is 0 Å². The van der Waals surface area contributed by atoms with Crippen LogP contribution in [-0.2, 0) is 0 Å². The minimum Gasteiger partial charge on any atom is -0.506 e. The van der Waals surface area contributed by atoms with Gasteiger partial charge in [0.05, 0.1) is 37.5 Å². The molecule has 4 rings (SSSR count). The third kappa shape index (κ3) is 5.05. The van der Waals surface area contributed by atoms with Crippen LogP contribution in [0.2, 0.25) is 5.02 Å². The zero-order chi connectivity index (χ0) is 21.8. The van der Waals surface area contributed by atoms with Crippen LogP contribution in [0.1, 0.15) is 46.4 Å². The average molecular weight is 433 g/mol. The van der Waals surface area contributed by atoms with Gasteiger partial charge in [-0.2, -0.15) is 0 Å². The van der Waals surface area contributed by atoms with Crippen LogP contribution >= 0.6 is 11.6 Å². The highest BCUT2D eigenvalue weighted by Crippen LogP contribution is 2.39. The normalized spacial score (nSPS) is 14.9. The predicted octanol–water partition coefficient (Wildman–Crippen LogP) is 4.94. The number of aromatic hydroxyl groups is 1. The number of phenols is 1. The van der Waals surface area contributed by atoms with E-state index in [4.69, 9.17) is 25.8 Å². The second-order valence-electron chi connectivity index (χ2n) is 7.35. The van der Waals surface area contributed by atoms with E-state index < -0.39 is 0 Å². The van der Waals surface area contributed by atoms with E-state index in [0.717, 1.165) is 25.7 Å². The number of carbonyl (C=O) groups excluding carboxylic acids is 2. The predicted molar refractivity (Wildman–Crippen MR) is 113 cm³/mol. The molecular weight excluding hydrogens is 408 g/mol. The summed E-state index contributed by atoms with van der Waals surface area (Å²) in [5, 5.41) is 9.81. The molecule has 0 saturated heterocycles. The molecule has 0 aliphatic heterocycles. The van der Waals surface area contributed by atoms with E-state index in [-0.39, 0.29) is 39.7 Å². The van der Waals surface area contributed by atoms with Crippen molar-refractivity contribution in [1.29, 1.82) is 0 Å². The van der Waals surface area contributed by atoms with Crippen LogP contribution in [0.3, 0.4) is 0 Å². The summed E-state index contributed by atoms with van der Waals surface area (Å²) in [6.45, 7) is 0. The first-order chi connectivity index (χ1) is 14.4. The highest BCUT2D eigenvalue weighted by Gasteiger charge is 2.33. The van der Waals surface area contributed by atoms with Gasteiger partial charge in [-0.1, -0.05) is 11.6 Å². The number of phenolic OH excluding ortho intramolecular Hbond substituents is 1. The average Bonchev–Trinajstić information content (AvgIpc) is 3.66. The van der Waals surface area contributed by atoms with Crippen LogP contribution in [0.5, 0.6) is 23.0 Å². The Morgan fingerprint density at radius 3 is 1.87 bits per heavy atom. The molecular formula is C23H25ClO6. The molecule has 2 aromatic rings. The maximum atomic E-state index is 11.9. The molecule has 0 amide bonds. The number of rotatable bonds is 7. The molecule has 6 nitrogen and oxygen atoms in total. The minimum atomic E-state index is -0.144. The number of hydrogen-bond acceptors (Lipinski definition) is 6. The molecule has 2 aliphatic rings. The highest BCUT2D eigenvalue weighted by molar-refractivity contribution is 6.32. The monoisotopic (exact) mass is 432 g/mol. The van der Waals surface area contributed by atoms with Gasteiger partial charge in [-0.3, -0.25) is 9.59 Å². The van der Waals surface area contributed by atoms with Crippen molar-refractivity contribution in [3.63, 3.8) is 0 Å². The molecule has 0 radical (unpaired) electrons. The van der Waals surface area contributed by atoms with E-state index in [1.165, 1.54) is 19.2 Å². The van der Waals surface area contributed by atoms with Crippen LogP contribution in [0.15, 0.2) is 30.3 Å². The Hall–Kier alpha value is -2.73. The Balaban J connectivity index is 0.000000171. The van der Waals surface area contributed by atoms with Crippen molar-refractivity contribution in [1.82, 2.24) is 0 Å². The van der Waals surface area contributed by atoms with Crippen molar-refractivity contribution < 1.29 is 28.9 Å². The van der Waals surface area contributed by atoms with Crippen molar-refractivity contribution >= 4 is 23.2 Å². The lowest BCUT2D eigenvalue weighted by Gasteiger charge is -2.08. The Bertz CT molecular complexity index is 947. The Morgan fingerprint density at radius 1 is 0.833 bits per heavy atom. The first-order valence-corrected chi connectivity index (χ1v) is 10.1. The van der Waals surface area contributed by atoms with Gasteiger partial charge in [0.1, 0.15) is 23.0 Å². The summed E-state index contributed by atoms with van der Waals surface area (Å²) in [4.78, 5) is 23.7. The topological polar surface area (TPSA) is 82.1 Å². The lowest BCUT2D eigenvalue weighted by Crippen LogP contribution is -2.04. The zero-order valence-electron chi connectivity index (χ0n) is 17.2. The lowest BCUT2D eigenvalue weighted by molar-refractivity contribution is 0.0956.